The third-order valence-corrected chi connectivity index (χ3v) is 3.21. The summed E-state index contributed by atoms with van der Waals surface area (Å²) in [5.74, 6) is 1.35. The zero-order valence-corrected chi connectivity index (χ0v) is 11.9. The van der Waals surface area contributed by atoms with E-state index < -0.39 is 6.10 Å². The highest BCUT2D eigenvalue weighted by molar-refractivity contribution is 6.30. The Kier molecular flexibility index (Phi) is 4.12. The number of ether oxygens (including phenoxy) is 1. The summed E-state index contributed by atoms with van der Waals surface area (Å²) >= 11 is 5.92. The molecule has 0 aliphatic heterocycles. The monoisotopic (exact) mass is 281 g/mol. The molecule has 2 aromatic rings. The van der Waals surface area contributed by atoms with Crippen molar-refractivity contribution in [2.45, 2.75) is 33.5 Å². The highest BCUT2D eigenvalue weighted by atomic mass is 35.5. The molecule has 0 bridgehead atoms. The lowest BCUT2D eigenvalue weighted by molar-refractivity contribution is 0.190. The normalized spacial score (nSPS) is 12.5. The number of aliphatic hydroxyl groups is 1. The molecule has 5 heteroatoms. The average molecular weight is 282 g/mol. The minimum atomic E-state index is -0.640. The molecule has 0 aliphatic carbocycles. The molecule has 1 aromatic heterocycles. The van der Waals surface area contributed by atoms with Gasteiger partial charge in [0.25, 0.3) is 0 Å². The SMILES string of the molecule is Cc1noc(C)c1COc1ccc(Cl)cc1[C@H](C)O. The predicted molar refractivity (Wildman–Crippen MR) is 72.4 cm³/mol. The summed E-state index contributed by atoms with van der Waals surface area (Å²) in [7, 11) is 0. The summed E-state index contributed by atoms with van der Waals surface area (Å²) in [6.07, 6.45) is -0.640. The first kappa shape index (κ1) is 13.9. The van der Waals surface area contributed by atoms with Crippen LogP contribution in [0.2, 0.25) is 5.02 Å². The first-order valence-corrected chi connectivity index (χ1v) is 6.39. The van der Waals surface area contributed by atoms with Crippen molar-refractivity contribution in [3.8, 4) is 5.75 Å². The van der Waals surface area contributed by atoms with E-state index in [-0.39, 0.29) is 0 Å². The van der Waals surface area contributed by atoms with Gasteiger partial charge in [-0.1, -0.05) is 16.8 Å². The van der Waals surface area contributed by atoms with Gasteiger partial charge in [0, 0.05) is 10.6 Å². The molecule has 0 unspecified atom stereocenters. The van der Waals surface area contributed by atoms with E-state index in [1.54, 1.807) is 25.1 Å². The van der Waals surface area contributed by atoms with Gasteiger partial charge in [-0.2, -0.15) is 0 Å². The van der Waals surface area contributed by atoms with E-state index in [0.29, 0.717) is 22.9 Å². The molecular formula is C14H16ClNO3. The number of benzene rings is 1. The average Bonchev–Trinajstić information content (AvgIpc) is 2.68. The van der Waals surface area contributed by atoms with Gasteiger partial charge < -0.3 is 14.4 Å². The fourth-order valence-electron chi connectivity index (χ4n) is 1.84. The molecule has 0 amide bonds. The first-order chi connectivity index (χ1) is 8.99. The molecular weight excluding hydrogens is 266 g/mol. The molecule has 0 spiro atoms. The Hall–Kier alpha value is -1.52. The maximum atomic E-state index is 9.73. The summed E-state index contributed by atoms with van der Waals surface area (Å²) in [5.41, 5.74) is 2.40. The molecule has 0 saturated carbocycles. The van der Waals surface area contributed by atoms with Crippen molar-refractivity contribution in [1.82, 2.24) is 5.16 Å². The van der Waals surface area contributed by atoms with Crippen molar-refractivity contribution in [3.63, 3.8) is 0 Å². The van der Waals surface area contributed by atoms with Crippen LogP contribution in [0.5, 0.6) is 5.75 Å². The second kappa shape index (κ2) is 5.63. The van der Waals surface area contributed by atoms with E-state index in [0.717, 1.165) is 17.0 Å². The van der Waals surface area contributed by atoms with Crippen LogP contribution in [0.15, 0.2) is 22.7 Å². The molecule has 1 aromatic carbocycles. The predicted octanol–water partition coefficient (Wildman–Crippen LogP) is 3.58. The van der Waals surface area contributed by atoms with Crippen LogP contribution in [-0.4, -0.2) is 10.3 Å². The molecule has 1 N–H and O–H groups in total. The summed E-state index contributed by atoms with van der Waals surface area (Å²) in [6, 6.07) is 5.19. The summed E-state index contributed by atoms with van der Waals surface area (Å²) < 4.78 is 10.8. The van der Waals surface area contributed by atoms with E-state index in [2.05, 4.69) is 5.16 Å². The van der Waals surface area contributed by atoms with Crippen molar-refractivity contribution in [1.29, 1.82) is 0 Å². The van der Waals surface area contributed by atoms with Gasteiger partial charge in [-0.05, 0) is 39.0 Å². The van der Waals surface area contributed by atoms with Crippen LogP contribution in [0.25, 0.3) is 0 Å². The van der Waals surface area contributed by atoms with E-state index in [9.17, 15) is 5.11 Å². The summed E-state index contributed by atoms with van der Waals surface area (Å²) in [5, 5.41) is 14.2. The third-order valence-electron chi connectivity index (χ3n) is 2.98. The standard InChI is InChI=1S/C14H16ClNO3/c1-8-13(10(3)19-16-8)7-18-14-5-4-11(15)6-12(14)9(2)17/h4-6,9,17H,7H2,1-3H3/t9-/m0/s1. The van der Waals surface area contributed by atoms with Crippen LogP contribution in [0.1, 0.15) is 35.6 Å². The van der Waals surface area contributed by atoms with Crippen LogP contribution < -0.4 is 4.74 Å². The molecule has 0 aliphatic rings. The molecule has 19 heavy (non-hydrogen) atoms. The van der Waals surface area contributed by atoms with Gasteiger partial charge in [0.1, 0.15) is 18.1 Å². The van der Waals surface area contributed by atoms with Crippen LogP contribution in [0, 0.1) is 13.8 Å². The quantitative estimate of drug-likeness (QED) is 0.931. The van der Waals surface area contributed by atoms with Crippen molar-refractivity contribution in [3.05, 3.63) is 45.8 Å². The Morgan fingerprint density at radius 1 is 1.42 bits per heavy atom. The van der Waals surface area contributed by atoms with Crippen molar-refractivity contribution in [2.75, 3.05) is 0 Å². The number of aryl methyl sites for hydroxylation is 2. The minimum Gasteiger partial charge on any atom is -0.488 e. The number of nitrogens with zero attached hydrogens (tertiary/aromatic N) is 1. The fraction of sp³-hybridized carbons (Fsp3) is 0.357. The highest BCUT2D eigenvalue weighted by Gasteiger charge is 2.13. The minimum absolute atomic E-state index is 0.350. The van der Waals surface area contributed by atoms with Crippen LogP contribution in [-0.2, 0) is 6.61 Å². The third kappa shape index (κ3) is 3.08. The second-order valence-corrected chi connectivity index (χ2v) is 4.89. The maximum Gasteiger partial charge on any atom is 0.140 e. The van der Waals surface area contributed by atoms with Crippen molar-refractivity contribution >= 4 is 11.6 Å². The zero-order chi connectivity index (χ0) is 14.0. The number of halogens is 1. The molecule has 1 heterocycles. The van der Waals surface area contributed by atoms with Crippen molar-refractivity contribution < 1.29 is 14.4 Å². The van der Waals surface area contributed by atoms with E-state index in [1.807, 2.05) is 13.8 Å². The molecule has 102 valence electrons. The van der Waals surface area contributed by atoms with E-state index in [1.165, 1.54) is 0 Å². The lowest BCUT2D eigenvalue weighted by Crippen LogP contribution is -2.02. The Morgan fingerprint density at radius 3 is 2.74 bits per heavy atom. The van der Waals surface area contributed by atoms with Gasteiger partial charge in [-0.25, -0.2) is 0 Å². The Labute approximate surface area is 116 Å². The largest absolute Gasteiger partial charge is 0.488 e. The number of hydrogen-bond acceptors (Lipinski definition) is 4. The number of hydrogen-bond donors (Lipinski definition) is 1. The molecule has 4 nitrogen and oxygen atoms in total. The van der Waals surface area contributed by atoms with Crippen LogP contribution in [0.3, 0.4) is 0 Å². The molecule has 0 saturated heterocycles. The smallest absolute Gasteiger partial charge is 0.140 e. The summed E-state index contributed by atoms with van der Waals surface area (Å²) in [4.78, 5) is 0. The van der Waals surface area contributed by atoms with Gasteiger partial charge in [0.15, 0.2) is 0 Å². The molecule has 1 atom stereocenters. The number of aromatic nitrogens is 1. The van der Waals surface area contributed by atoms with E-state index >= 15 is 0 Å². The molecule has 0 radical (unpaired) electrons. The number of aliphatic hydroxyl groups excluding tert-OH is 1. The second-order valence-electron chi connectivity index (χ2n) is 4.45. The topological polar surface area (TPSA) is 55.5 Å². The lowest BCUT2D eigenvalue weighted by atomic mass is 10.1. The molecule has 2 rings (SSSR count). The Balaban J connectivity index is 2.20. The van der Waals surface area contributed by atoms with Crippen molar-refractivity contribution in [2.24, 2.45) is 0 Å². The van der Waals surface area contributed by atoms with E-state index in [4.69, 9.17) is 20.9 Å². The molecule has 0 fully saturated rings. The number of rotatable bonds is 4. The lowest BCUT2D eigenvalue weighted by Gasteiger charge is -2.13. The zero-order valence-electron chi connectivity index (χ0n) is 11.1. The van der Waals surface area contributed by atoms with Crippen LogP contribution in [0.4, 0.5) is 0 Å². The highest BCUT2D eigenvalue weighted by Crippen LogP contribution is 2.29. The summed E-state index contributed by atoms with van der Waals surface area (Å²) in [6.45, 7) is 5.74. The van der Waals surface area contributed by atoms with Gasteiger partial charge in [-0.15, -0.1) is 0 Å². The Bertz CT molecular complexity index is 559. The van der Waals surface area contributed by atoms with Gasteiger partial charge in [0.2, 0.25) is 0 Å². The maximum absolute atomic E-state index is 9.73. The van der Waals surface area contributed by atoms with Crippen LogP contribution >= 0.6 is 11.6 Å². The fourth-order valence-corrected chi connectivity index (χ4v) is 2.02. The Morgan fingerprint density at radius 2 is 2.16 bits per heavy atom. The van der Waals surface area contributed by atoms with Gasteiger partial charge in [0.05, 0.1) is 17.4 Å². The van der Waals surface area contributed by atoms with Gasteiger partial charge >= 0.3 is 0 Å². The first-order valence-electron chi connectivity index (χ1n) is 6.01. The van der Waals surface area contributed by atoms with Gasteiger partial charge in [-0.3, -0.25) is 0 Å².